The standard InChI is InChI=1S/C18H28N2O/c1-5-20-12-6-7-15-13-14(8-9-16(15)20)10-11-19-17(21)18(2,3)4/h8-9,13H,5-7,10-12H2,1-4H3,(H,19,21). The first-order valence-corrected chi connectivity index (χ1v) is 8.07. The normalized spacial score (nSPS) is 14.8. The Hall–Kier alpha value is -1.51. The number of carbonyl (C=O) groups is 1. The SMILES string of the molecule is CCN1CCCc2cc(CCNC(=O)C(C)(C)C)ccc21. The van der Waals surface area contributed by atoms with Gasteiger partial charge in [0.1, 0.15) is 0 Å². The molecular formula is C18H28N2O. The van der Waals surface area contributed by atoms with Crippen molar-refractivity contribution in [1.29, 1.82) is 0 Å². The van der Waals surface area contributed by atoms with Gasteiger partial charge >= 0.3 is 0 Å². The number of nitrogens with zero attached hydrogens (tertiary/aromatic N) is 1. The molecule has 1 amide bonds. The van der Waals surface area contributed by atoms with Crippen LogP contribution < -0.4 is 10.2 Å². The van der Waals surface area contributed by atoms with E-state index in [-0.39, 0.29) is 11.3 Å². The third kappa shape index (κ3) is 3.99. The number of fused-ring (bicyclic) bond motifs is 1. The molecule has 0 saturated carbocycles. The van der Waals surface area contributed by atoms with Crippen LogP contribution in [0.1, 0.15) is 45.2 Å². The fraction of sp³-hybridized carbons (Fsp3) is 0.611. The van der Waals surface area contributed by atoms with Crippen LogP contribution in [0.15, 0.2) is 18.2 Å². The van der Waals surface area contributed by atoms with Crippen molar-refractivity contribution in [3.63, 3.8) is 0 Å². The molecule has 1 N–H and O–H groups in total. The molecule has 0 atom stereocenters. The Balaban J connectivity index is 1.95. The first-order valence-electron chi connectivity index (χ1n) is 8.07. The third-order valence-corrected chi connectivity index (χ3v) is 4.12. The predicted octanol–water partition coefficient (Wildman–Crippen LogP) is 3.16. The van der Waals surface area contributed by atoms with Crippen molar-refractivity contribution >= 4 is 11.6 Å². The van der Waals surface area contributed by atoms with Gasteiger partial charge in [0.25, 0.3) is 0 Å². The second kappa shape index (κ2) is 6.50. The van der Waals surface area contributed by atoms with Crippen molar-refractivity contribution in [2.45, 2.75) is 47.0 Å². The largest absolute Gasteiger partial charge is 0.372 e. The number of hydrogen-bond donors (Lipinski definition) is 1. The number of rotatable bonds is 4. The third-order valence-electron chi connectivity index (χ3n) is 4.12. The number of hydrogen-bond acceptors (Lipinski definition) is 2. The molecule has 3 nitrogen and oxygen atoms in total. The van der Waals surface area contributed by atoms with Crippen LogP contribution in [0, 0.1) is 5.41 Å². The van der Waals surface area contributed by atoms with Gasteiger partial charge in [0.2, 0.25) is 5.91 Å². The smallest absolute Gasteiger partial charge is 0.225 e. The highest BCUT2D eigenvalue weighted by Gasteiger charge is 2.20. The summed E-state index contributed by atoms with van der Waals surface area (Å²) < 4.78 is 0. The van der Waals surface area contributed by atoms with Crippen LogP contribution >= 0.6 is 0 Å². The zero-order chi connectivity index (χ0) is 15.5. The monoisotopic (exact) mass is 288 g/mol. The van der Waals surface area contributed by atoms with Crippen molar-refractivity contribution in [2.24, 2.45) is 5.41 Å². The maximum atomic E-state index is 11.9. The van der Waals surface area contributed by atoms with E-state index in [0.29, 0.717) is 6.54 Å². The highest BCUT2D eigenvalue weighted by molar-refractivity contribution is 5.81. The van der Waals surface area contributed by atoms with Crippen LogP contribution in [0.5, 0.6) is 0 Å². The number of benzene rings is 1. The van der Waals surface area contributed by atoms with E-state index in [2.05, 4.69) is 35.3 Å². The van der Waals surface area contributed by atoms with Gasteiger partial charge in [-0.1, -0.05) is 32.9 Å². The Morgan fingerprint density at radius 1 is 1.33 bits per heavy atom. The van der Waals surface area contributed by atoms with Crippen molar-refractivity contribution in [2.75, 3.05) is 24.5 Å². The molecule has 1 aromatic rings. The van der Waals surface area contributed by atoms with E-state index >= 15 is 0 Å². The molecule has 1 aromatic carbocycles. The summed E-state index contributed by atoms with van der Waals surface area (Å²) >= 11 is 0. The predicted molar refractivity (Wildman–Crippen MR) is 88.8 cm³/mol. The quantitative estimate of drug-likeness (QED) is 0.923. The van der Waals surface area contributed by atoms with Crippen molar-refractivity contribution in [3.8, 4) is 0 Å². The van der Waals surface area contributed by atoms with Crippen LogP contribution in [0.2, 0.25) is 0 Å². The number of carbonyl (C=O) groups excluding carboxylic acids is 1. The number of aryl methyl sites for hydroxylation is 1. The molecule has 0 spiro atoms. The molecule has 2 rings (SSSR count). The molecule has 116 valence electrons. The van der Waals surface area contributed by atoms with Gasteiger partial charge in [-0.05, 0) is 43.4 Å². The number of nitrogens with one attached hydrogen (secondary N) is 1. The molecule has 21 heavy (non-hydrogen) atoms. The van der Waals surface area contributed by atoms with E-state index in [4.69, 9.17) is 0 Å². The lowest BCUT2D eigenvalue weighted by Crippen LogP contribution is -2.36. The maximum Gasteiger partial charge on any atom is 0.225 e. The van der Waals surface area contributed by atoms with Gasteiger partial charge < -0.3 is 10.2 Å². The summed E-state index contributed by atoms with van der Waals surface area (Å²) in [6.45, 7) is 11.0. The summed E-state index contributed by atoms with van der Waals surface area (Å²) in [7, 11) is 0. The Labute approximate surface area is 128 Å². The molecule has 0 aromatic heterocycles. The summed E-state index contributed by atoms with van der Waals surface area (Å²) in [6, 6.07) is 6.77. The lowest BCUT2D eigenvalue weighted by atomic mass is 9.95. The van der Waals surface area contributed by atoms with E-state index in [1.807, 2.05) is 20.8 Å². The van der Waals surface area contributed by atoms with Gasteiger partial charge in [0, 0.05) is 30.7 Å². The Kier molecular flexibility index (Phi) is 4.92. The van der Waals surface area contributed by atoms with Crippen LogP contribution in [0.25, 0.3) is 0 Å². The first-order chi connectivity index (χ1) is 9.91. The zero-order valence-electron chi connectivity index (χ0n) is 13.8. The molecular weight excluding hydrogens is 260 g/mol. The Morgan fingerprint density at radius 3 is 2.76 bits per heavy atom. The van der Waals surface area contributed by atoms with Crippen LogP contribution in [-0.2, 0) is 17.6 Å². The second-order valence-corrected chi connectivity index (χ2v) is 6.90. The Morgan fingerprint density at radius 2 is 2.10 bits per heavy atom. The topological polar surface area (TPSA) is 32.3 Å². The number of anilines is 1. The van der Waals surface area contributed by atoms with Gasteiger partial charge in [-0.3, -0.25) is 4.79 Å². The number of amides is 1. The van der Waals surface area contributed by atoms with Crippen LogP contribution in [-0.4, -0.2) is 25.5 Å². The van der Waals surface area contributed by atoms with E-state index in [1.54, 1.807) is 0 Å². The minimum atomic E-state index is -0.308. The van der Waals surface area contributed by atoms with E-state index in [1.165, 1.54) is 36.2 Å². The van der Waals surface area contributed by atoms with Crippen LogP contribution in [0.3, 0.4) is 0 Å². The molecule has 1 aliphatic rings. The van der Waals surface area contributed by atoms with Crippen LogP contribution in [0.4, 0.5) is 5.69 Å². The van der Waals surface area contributed by atoms with E-state index in [0.717, 1.165) is 13.0 Å². The summed E-state index contributed by atoms with van der Waals surface area (Å²) in [5.74, 6) is 0.123. The average Bonchev–Trinajstić information content (AvgIpc) is 2.45. The zero-order valence-corrected chi connectivity index (χ0v) is 13.8. The Bertz CT molecular complexity index is 502. The van der Waals surface area contributed by atoms with Crippen molar-refractivity contribution in [1.82, 2.24) is 5.32 Å². The molecule has 3 heteroatoms. The lowest BCUT2D eigenvalue weighted by molar-refractivity contribution is -0.128. The van der Waals surface area contributed by atoms with Gasteiger partial charge in [-0.2, -0.15) is 0 Å². The summed E-state index contributed by atoms with van der Waals surface area (Å²) in [6.07, 6.45) is 3.32. The minimum Gasteiger partial charge on any atom is -0.372 e. The van der Waals surface area contributed by atoms with E-state index in [9.17, 15) is 4.79 Å². The molecule has 0 fully saturated rings. The summed E-state index contributed by atoms with van der Waals surface area (Å²) in [5.41, 5.74) is 3.87. The first kappa shape index (κ1) is 15.9. The summed E-state index contributed by atoms with van der Waals surface area (Å²) in [5, 5.41) is 3.02. The second-order valence-electron chi connectivity index (χ2n) is 6.90. The fourth-order valence-electron chi connectivity index (χ4n) is 2.80. The molecule has 0 aliphatic carbocycles. The molecule has 1 heterocycles. The van der Waals surface area contributed by atoms with Gasteiger partial charge in [-0.25, -0.2) is 0 Å². The van der Waals surface area contributed by atoms with Crippen molar-refractivity contribution in [3.05, 3.63) is 29.3 Å². The van der Waals surface area contributed by atoms with Crippen molar-refractivity contribution < 1.29 is 4.79 Å². The average molecular weight is 288 g/mol. The molecule has 0 unspecified atom stereocenters. The highest BCUT2D eigenvalue weighted by atomic mass is 16.2. The van der Waals surface area contributed by atoms with Gasteiger partial charge in [-0.15, -0.1) is 0 Å². The maximum absolute atomic E-state index is 11.9. The molecule has 0 bridgehead atoms. The molecule has 0 saturated heterocycles. The minimum absolute atomic E-state index is 0.123. The van der Waals surface area contributed by atoms with Gasteiger partial charge in [0.05, 0.1) is 0 Å². The summed E-state index contributed by atoms with van der Waals surface area (Å²) in [4.78, 5) is 14.3. The van der Waals surface area contributed by atoms with Gasteiger partial charge in [0.15, 0.2) is 0 Å². The lowest BCUT2D eigenvalue weighted by Gasteiger charge is -2.30. The highest BCUT2D eigenvalue weighted by Crippen LogP contribution is 2.27. The molecule has 0 radical (unpaired) electrons. The fourth-order valence-corrected chi connectivity index (χ4v) is 2.80. The van der Waals surface area contributed by atoms with E-state index < -0.39 is 0 Å². The molecule has 1 aliphatic heterocycles.